The first kappa shape index (κ1) is 70.8. The molecule has 0 aliphatic heterocycles. The van der Waals surface area contributed by atoms with Crippen LogP contribution in [0.3, 0.4) is 0 Å². The number of likely N-dealkylation sites (N-methyl/N-ethyl adjacent to an activating group) is 2. The second-order valence-corrected chi connectivity index (χ2v) is 17.7. The Bertz CT molecular complexity index is 2080. The third-order valence-corrected chi connectivity index (χ3v) is 11.4. The van der Waals surface area contributed by atoms with Crippen molar-refractivity contribution in [1.82, 2.24) is 69.1 Å². The number of aliphatic hydroxyl groups is 2. The molecule has 0 aliphatic rings. The lowest BCUT2D eigenvalue weighted by atomic mass is 10.0. The molecule has 0 heterocycles. The molecule has 0 aromatic carbocycles. The summed E-state index contributed by atoms with van der Waals surface area (Å²) in [6.07, 6.45) is -1.90. The van der Waals surface area contributed by atoms with E-state index >= 15 is 0 Å². The van der Waals surface area contributed by atoms with E-state index in [9.17, 15) is 68.1 Å². The smallest absolute Gasteiger partial charge is 0.305 e. The van der Waals surface area contributed by atoms with E-state index in [1.807, 2.05) is 0 Å². The Morgan fingerprint density at radius 1 is 0.418 bits per heavy atom. The van der Waals surface area contributed by atoms with Gasteiger partial charge >= 0.3 is 11.9 Å². The van der Waals surface area contributed by atoms with Crippen molar-refractivity contribution in [3.8, 4) is 0 Å². The number of carboxylic acid groups (broad SMARTS) is 2. The van der Waals surface area contributed by atoms with Gasteiger partial charge in [-0.25, -0.2) is 0 Å². The summed E-state index contributed by atoms with van der Waals surface area (Å²) in [6.45, 7) is -0.320. The number of carbonyl (C=O) groups is 11. The van der Waals surface area contributed by atoms with Gasteiger partial charge < -0.3 is 112 Å². The molecule has 35 heteroatoms. The maximum absolute atomic E-state index is 14.3. The van der Waals surface area contributed by atoms with E-state index in [0.717, 1.165) is 0 Å². The standard InChI is InChI=1S/C44H82N20O15/c1-22(33(71)63-28(19-32(69)70)34(72)53-3)57-41(79)30(21-66)64-38(76)26(12-8-18-56-44(50)51)60-36(74)24(10-6-16-54-42(46)47)59-35(73)23(9-4-5-15-45)58-39(77)27(13-14-31(67)68)62-37(75)25(11-7-17-55-43(48)49)61-40(78)29(20-65)52-2/h22-30,52,65-66H,4-21,45H2,1-3H3,(H,53,72)(H,57,79)(H,58,77)(H,59,73)(H,60,74)(H,61,78)(H,62,75)(H,63,71)(H,64,76)(H,67,68)(H,69,70)(H4,46,47,54)(H4,48,49,55)(H4,50,51,56)/t22-,23-,24-,25+,26-,27-,28-,29-,30-/m0/s1. The molecular formula is C44H82N20O15. The number of hydrogen-bond acceptors (Lipinski definition) is 18. The lowest BCUT2D eigenvalue weighted by Crippen LogP contribution is -2.60. The number of nitrogens with two attached hydrogens (primary N) is 4. The largest absolute Gasteiger partial charge is 0.481 e. The fraction of sp³-hybridized carbons (Fsp3) is 0.682. The Morgan fingerprint density at radius 2 is 0.747 bits per heavy atom. The second kappa shape index (κ2) is 39.2. The van der Waals surface area contributed by atoms with Crippen LogP contribution >= 0.6 is 0 Å². The SMILES string of the molecule is CNC(=O)[C@H](CC(=O)O)NC(=O)[C@H](C)NC(=O)[C@H](CO)NC(=O)[C@H](CCCNC(=N)N)NC(=O)[C@H](CCCNC(=N)N)NC(=O)[C@H](CCCCN)NC(=O)[C@H](CCC(=O)O)NC(=O)[C@@H](CCCNC(=N)N)NC(=O)[C@H](CO)NC. The molecule has 448 valence electrons. The molecule has 0 bridgehead atoms. The Balaban J connectivity index is 6.93. The molecule has 0 saturated heterocycles. The molecule has 9 atom stereocenters. The topological polar surface area (TPSA) is 601 Å². The zero-order chi connectivity index (χ0) is 60.2. The first-order chi connectivity index (χ1) is 37.2. The average Bonchev–Trinajstić information content (AvgIpc) is 3.38. The molecule has 0 aromatic rings. The summed E-state index contributed by atoms with van der Waals surface area (Å²) in [5, 5.41) is 92.5. The Kier molecular flexibility index (Phi) is 35.2. The van der Waals surface area contributed by atoms with Crippen LogP contribution < -0.4 is 92.1 Å². The second-order valence-electron chi connectivity index (χ2n) is 17.7. The van der Waals surface area contributed by atoms with Gasteiger partial charge in [0.1, 0.15) is 54.4 Å². The van der Waals surface area contributed by atoms with Gasteiger partial charge in [-0.2, -0.15) is 0 Å². The number of aliphatic hydroxyl groups excluding tert-OH is 2. The minimum atomic E-state index is -1.78. The maximum Gasteiger partial charge on any atom is 0.305 e. The van der Waals surface area contributed by atoms with E-state index in [4.69, 9.17) is 44.3 Å². The quantitative estimate of drug-likeness (QED) is 0.0154. The summed E-state index contributed by atoms with van der Waals surface area (Å²) in [5.41, 5.74) is 21.9. The number of guanidine groups is 3. The van der Waals surface area contributed by atoms with Gasteiger partial charge in [0.15, 0.2) is 17.9 Å². The van der Waals surface area contributed by atoms with Gasteiger partial charge in [-0.3, -0.25) is 69.0 Å². The lowest BCUT2D eigenvalue weighted by Gasteiger charge is -2.28. The van der Waals surface area contributed by atoms with Crippen molar-refractivity contribution in [2.24, 2.45) is 22.9 Å². The van der Waals surface area contributed by atoms with Gasteiger partial charge in [0.2, 0.25) is 53.2 Å². The normalized spacial score (nSPS) is 14.2. The van der Waals surface area contributed by atoms with Crippen LogP contribution in [0.4, 0.5) is 0 Å². The van der Waals surface area contributed by atoms with Gasteiger partial charge in [-0.15, -0.1) is 0 Å². The monoisotopic (exact) mass is 1130 g/mol. The molecule has 0 aromatic heterocycles. The number of carbonyl (C=O) groups excluding carboxylic acids is 9. The van der Waals surface area contributed by atoms with E-state index in [1.165, 1.54) is 21.0 Å². The maximum atomic E-state index is 14.3. The first-order valence-electron chi connectivity index (χ1n) is 25.2. The van der Waals surface area contributed by atoms with E-state index in [2.05, 4.69) is 69.1 Å². The number of amides is 9. The number of rotatable bonds is 41. The highest BCUT2D eigenvalue weighted by atomic mass is 16.4. The van der Waals surface area contributed by atoms with Gasteiger partial charge in [-0.1, -0.05) is 0 Å². The zero-order valence-electron chi connectivity index (χ0n) is 44.5. The van der Waals surface area contributed by atoms with Crippen LogP contribution in [0.1, 0.15) is 84.0 Å². The number of hydrogen-bond donors (Lipinski definition) is 24. The van der Waals surface area contributed by atoms with Gasteiger partial charge in [-0.05, 0) is 84.7 Å². The molecule has 35 nitrogen and oxygen atoms in total. The molecule has 79 heavy (non-hydrogen) atoms. The van der Waals surface area contributed by atoms with Crippen LogP contribution in [0.2, 0.25) is 0 Å². The summed E-state index contributed by atoms with van der Waals surface area (Å²) in [6, 6.07) is -13.5. The Morgan fingerprint density at radius 3 is 1.06 bits per heavy atom. The predicted molar refractivity (Wildman–Crippen MR) is 282 cm³/mol. The number of carboxylic acids is 2. The van der Waals surface area contributed by atoms with Crippen molar-refractivity contribution in [2.45, 2.75) is 138 Å². The van der Waals surface area contributed by atoms with Crippen LogP contribution in [-0.4, -0.2) is 211 Å². The van der Waals surface area contributed by atoms with Crippen molar-refractivity contribution in [3.63, 3.8) is 0 Å². The molecule has 0 rings (SSSR count). The Labute approximate surface area is 455 Å². The summed E-state index contributed by atoms with van der Waals surface area (Å²) in [5.74, 6) is -12.9. The fourth-order valence-electron chi connectivity index (χ4n) is 7.06. The van der Waals surface area contributed by atoms with Crippen LogP contribution in [0.15, 0.2) is 0 Å². The van der Waals surface area contributed by atoms with E-state index in [-0.39, 0.29) is 83.5 Å². The van der Waals surface area contributed by atoms with Crippen LogP contribution in [-0.2, 0) is 52.7 Å². The average molecular weight is 1130 g/mol. The molecule has 0 saturated carbocycles. The van der Waals surface area contributed by atoms with Gasteiger partial charge in [0.25, 0.3) is 0 Å². The van der Waals surface area contributed by atoms with Crippen molar-refractivity contribution in [2.75, 3.05) is 53.5 Å². The molecule has 0 aliphatic carbocycles. The third-order valence-electron chi connectivity index (χ3n) is 11.4. The van der Waals surface area contributed by atoms with E-state index < -0.39 is 164 Å². The highest BCUT2D eigenvalue weighted by Gasteiger charge is 2.35. The van der Waals surface area contributed by atoms with E-state index in [1.54, 1.807) is 0 Å². The zero-order valence-corrected chi connectivity index (χ0v) is 44.5. The number of aliphatic carboxylic acids is 2. The van der Waals surface area contributed by atoms with Crippen LogP contribution in [0.25, 0.3) is 0 Å². The molecule has 28 N–H and O–H groups in total. The molecule has 9 amide bonds. The van der Waals surface area contributed by atoms with Gasteiger partial charge in [0, 0.05) is 33.1 Å². The fourth-order valence-corrected chi connectivity index (χ4v) is 7.06. The summed E-state index contributed by atoms with van der Waals surface area (Å²) in [4.78, 5) is 145. The number of unbranched alkanes of at least 4 members (excludes halogenated alkanes) is 1. The van der Waals surface area contributed by atoms with E-state index in [0.29, 0.717) is 6.42 Å². The van der Waals surface area contributed by atoms with Crippen molar-refractivity contribution in [3.05, 3.63) is 0 Å². The Hall–Kier alpha value is -8.18. The number of nitrogens with one attached hydrogen (secondary N) is 16. The third kappa shape index (κ3) is 30.4. The molecule has 0 unspecified atom stereocenters. The lowest BCUT2D eigenvalue weighted by molar-refractivity contribution is -0.141. The minimum absolute atomic E-state index is 0.00269. The van der Waals surface area contributed by atoms with Crippen molar-refractivity contribution >= 4 is 83.0 Å². The minimum Gasteiger partial charge on any atom is -0.481 e. The first-order valence-corrected chi connectivity index (χ1v) is 25.2. The molecule has 0 radical (unpaired) electrons. The molecular weight excluding hydrogens is 1050 g/mol. The highest BCUT2D eigenvalue weighted by molar-refractivity contribution is 5.98. The summed E-state index contributed by atoms with van der Waals surface area (Å²) < 4.78 is 0. The summed E-state index contributed by atoms with van der Waals surface area (Å²) in [7, 11) is 2.58. The molecule has 0 spiro atoms. The molecule has 0 fully saturated rings. The van der Waals surface area contributed by atoms with Crippen molar-refractivity contribution < 1.29 is 73.2 Å². The van der Waals surface area contributed by atoms with Crippen LogP contribution in [0, 0.1) is 16.2 Å². The summed E-state index contributed by atoms with van der Waals surface area (Å²) >= 11 is 0. The van der Waals surface area contributed by atoms with Gasteiger partial charge in [0.05, 0.1) is 19.6 Å². The predicted octanol–water partition coefficient (Wildman–Crippen LogP) is -9.54. The van der Waals surface area contributed by atoms with Crippen LogP contribution in [0.5, 0.6) is 0 Å². The van der Waals surface area contributed by atoms with Crippen molar-refractivity contribution in [1.29, 1.82) is 16.2 Å². The highest BCUT2D eigenvalue weighted by Crippen LogP contribution is 2.10.